The standard InChI is InChI=1S/C18H25N5OS/c1-23(17-15-5-6-19-16(15)20-11-21-17)13-7-18(8-13)9-14(10-18)25(24)22-12-3-2-4-12/h5-6,11-14,22H,2-4,7-10H2,1H3,(H,19,20,21). The molecule has 0 bridgehead atoms. The highest BCUT2D eigenvalue weighted by atomic mass is 32.2. The number of anilines is 1. The first-order chi connectivity index (χ1) is 12.1. The van der Waals surface area contributed by atoms with Gasteiger partial charge in [-0.15, -0.1) is 0 Å². The van der Waals surface area contributed by atoms with Gasteiger partial charge in [0.15, 0.2) is 0 Å². The van der Waals surface area contributed by atoms with Crippen LogP contribution in [0.15, 0.2) is 18.6 Å². The molecule has 7 heteroatoms. The lowest BCUT2D eigenvalue weighted by molar-refractivity contribution is 0.0147. The van der Waals surface area contributed by atoms with Crippen LogP contribution in [0.3, 0.4) is 0 Å². The second-order valence-corrected chi connectivity index (χ2v) is 9.68. The van der Waals surface area contributed by atoms with Gasteiger partial charge in [0.25, 0.3) is 0 Å². The molecule has 0 aromatic carbocycles. The van der Waals surface area contributed by atoms with Crippen LogP contribution in [0, 0.1) is 5.41 Å². The Balaban J connectivity index is 1.18. The number of nitrogens with zero attached hydrogens (tertiary/aromatic N) is 3. The van der Waals surface area contributed by atoms with Gasteiger partial charge in [-0.1, -0.05) is 6.42 Å². The zero-order valence-electron chi connectivity index (χ0n) is 14.6. The summed E-state index contributed by atoms with van der Waals surface area (Å²) in [6.07, 6.45) is 11.8. The Morgan fingerprint density at radius 3 is 2.80 bits per heavy atom. The van der Waals surface area contributed by atoms with Crippen molar-refractivity contribution in [1.29, 1.82) is 0 Å². The van der Waals surface area contributed by atoms with Crippen LogP contribution in [0.1, 0.15) is 44.9 Å². The van der Waals surface area contributed by atoms with Crippen LogP contribution >= 0.6 is 0 Å². The van der Waals surface area contributed by atoms with Gasteiger partial charge in [-0.25, -0.2) is 18.9 Å². The van der Waals surface area contributed by atoms with E-state index in [1.165, 1.54) is 32.1 Å². The molecule has 0 saturated heterocycles. The number of fused-ring (bicyclic) bond motifs is 1. The van der Waals surface area contributed by atoms with E-state index in [4.69, 9.17) is 0 Å². The monoisotopic (exact) mass is 359 g/mol. The minimum atomic E-state index is -0.830. The molecular weight excluding hydrogens is 334 g/mol. The number of aromatic nitrogens is 3. The first kappa shape index (κ1) is 15.8. The van der Waals surface area contributed by atoms with Crippen molar-refractivity contribution in [3.8, 4) is 0 Å². The van der Waals surface area contributed by atoms with E-state index in [2.05, 4.69) is 31.6 Å². The third-order valence-corrected chi connectivity index (χ3v) is 8.07. The Morgan fingerprint density at radius 2 is 2.08 bits per heavy atom. The highest BCUT2D eigenvalue weighted by molar-refractivity contribution is 7.83. The maximum Gasteiger partial charge on any atom is 0.142 e. The first-order valence-corrected chi connectivity index (χ1v) is 10.5. The van der Waals surface area contributed by atoms with Crippen molar-refractivity contribution in [1.82, 2.24) is 19.7 Å². The van der Waals surface area contributed by atoms with E-state index in [1.807, 2.05) is 12.3 Å². The molecule has 2 aromatic rings. The molecule has 0 aliphatic heterocycles. The van der Waals surface area contributed by atoms with Crippen molar-refractivity contribution in [2.24, 2.45) is 5.41 Å². The van der Waals surface area contributed by atoms with Crippen molar-refractivity contribution in [2.75, 3.05) is 11.9 Å². The summed E-state index contributed by atoms with van der Waals surface area (Å²) < 4.78 is 15.7. The molecule has 25 heavy (non-hydrogen) atoms. The quantitative estimate of drug-likeness (QED) is 0.860. The fraction of sp³-hybridized carbons (Fsp3) is 0.667. The maximum atomic E-state index is 12.4. The molecule has 3 saturated carbocycles. The minimum absolute atomic E-state index is 0.363. The molecule has 5 rings (SSSR count). The average Bonchev–Trinajstić information content (AvgIpc) is 2.96. The zero-order valence-corrected chi connectivity index (χ0v) is 15.4. The summed E-state index contributed by atoms with van der Waals surface area (Å²) in [5.74, 6) is 1.01. The number of aromatic amines is 1. The van der Waals surface area contributed by atoms with Crippen LogP contribution in [0.5, 0.6) is 0 Å². The molecule has 3 aliphatic rings. The summed E-state index contributed by atoms with van der Waals surface area (Å²) in [4.78, 5) is 14.2. The fourth-order valence-electron chi connectivity index (χ4n) is 4.70. The molecule has 3 aliphatic carbocycles. The van der Waals surface area contributed by atoms with Gasteiger partial charge >= 0.3 is 0 Å². The summed E-state index contributed by atoms with van der Waals surface area (Å²) in [7, 11) is 1.31. The van der Waals surface area contributed by atoms with E-state index in [1.54, 1.807) is 6.33 Å². The third kappa shape index (κ3) is 2.59. The lowest BCUT2D eigenvalue weighted by atomic mass is 9.53. The minimum Gasteiger partial charge on any atom is -0.356 e. The second kappa shape index (κ2) is 5.77. The molecule has 0 radical (unpaired) electrons. The van der Waals surface area contributed by atoms with Crippen LogP contribution in [0.25, 0.3) is 11.0 Å². The average molecular weight is 359 g/mol. The van der Waals surface area contributed by atoms with Crippen LogP contribution in [-0.4, -0.2) is 43.5 Å². The number of rotatable bonds is 5. The topological polar surface area (TPSA) is 73.9 Å². The van der Waals surface area contributed by atoms with Crippen molar-refractivity contribution in [3.05, 3.63) is 18.6 Å². The van der Waals surface area contributed by atoms with E-state index < -0.39 is 11.0 Å². The van der Waals surface area contributed by atoms with Crippen LogP contribution < -0.4 is 9.62 Å². The molecule has 6 nitrogen and oxygen atoms in total. The largest absolute Gasteiger partial charge is 0.356 e. The number of H-pyrrole nitrogens is 1. The maximum absolute atomic E-state index is 12.4. The van der Waals surface area contributed by atoms with Crippen molar-refractivity contribution >= 4 is 27.8 Å². The van der Waals surface area contributed by atoms with Gasteiger partial charge in [0, 0.05) is 25.3 Å². The zero-order chi connectivity index (χ0) is 17.0. The molecule has 1 unspecified atom stereocenters. The van der Waals surface area contributed by atoms with Gasteiger partial charge in [0.05, 0.1) is 21.6 Å². The predicted molar refractivity (Wildman–Crippen MR) is 99.7 cm³/mol. The first-order valence-electron chi connectivity index (χ1n) is 9.31. The van der Waals surface area contributed by atoms with Crippen LogP contribution in [-0.2, 0) is 11.0 Å². The molecule has 0 amide bonds. The van der Waals surface area contributed by atoms with Crippen molar-refractivity contribution in [3.63, 3.8) is 0 Å². The van der Waals surface area contributed by atoms with Gasteiger partial charge in [-0.05, 0) is 50.0 Å². The highest BCUT2D eigenvalue weighted by Gasteiger charge is 2.55. The summed E-state index contributed by atoms with van der Waals surface area (Å²) in [6, 6.07) is 3.09. The number of hydrogen-bond acceptors (Lipinski definition) is 4. The fourth-order valence-corrected chi connectivity index (χ4v) is 6.47. The normalized spacial score (nSPS) is 32.8. The Morgan fingerprint density at radius 1 is 1.28 bits per heavy atom. The molecule has 2 heterocycles. The van der Waals surface area contributed by atoms with Crippen molar-refractivity contribution < 1.29 is 4.21 Å². The lowest BCUT2D eigenvalue weighted by Crippen LogP contribution is -2.59. The predicted octanol–water partition coefficient (Wildman–Crippen LogP) is 2.51. The summed E-state index contributed by atoms with van der Waals surface area (Å²) in [5, 5.41) is 1.45. The van der Waals surface area contributed by atoms with Crippen LogP contribution in [0.4, 0.5) is 5.82 Å². The van der Waals surface area contributed by atoms with Gasteiger partial charge < -0.3 is 9.88 Å². The Labute approximate surface area is 150 Å². The Kier molecular flexibility index (Phi) is 3.64. The second-order valence-electron chi connectivity index (χ2n) is 8.18. The Bertz CT molecular complexity index is 803. The van der Waals surface area contributed by atoms with Gasteiger partial charge in [0.1, 0.15) is 17.8 Å². The van der Waals surface area contributed by atoms with Crippen LogP contribution in [0.2, 0.25) is 0 Å². The number of hydrogen-bond donors (Lipinski definition) is 2. The summed E-state index contributed by atoms with van der Waals surface area (Å²) >= 11 is 0. The molecule has 2 aromatic heterocycles. The smallest absolute Gasteiger partial charge is 0.142 e. The van der Waals surface area contributed by atoms with Gasteiger partial charge in [0.2, 0.25) is 0 Å². The SMILES string of the molecule is CN(c1ncnc2[nH]ccc12)C1CC2(C1)CC(S(=O)NC1CCC1)C2. The van der Waals surface area contributed by atoms with Gasteiger partial charge in [-0.3, -0.25) is 0 Å². The molecule has 3 fully saturated rings. The lowest BCUT2D eigenvalue weighted by Gasteiger charge is -2.59. The van der Waals surface area contributed by atoms with Gasteiger partial charge in [-0.2, -0.15) is 0 Å². The molecular formula is C18H25N5OS. The molecule has 2 N–H and O–H groups in total. The molecule has 134 valence electrons. The van der Waals surface area contributed by atoms with E-state index in [9.17, 15) is 4.21 Å². The van der Waals surface area contributed by atoms with Crippen molar-refractivity contribution in [2.45, 2.75) is 62.3 Å². The van der Waals surface area contributed by atoms with E-state index in [0.29, 0.717) is 22.7 Å². The molecule has 1 spiro atoms. The van der Waals surface area contributed by atoms with E-state index >= 15 is 0 Å². The third-order valence-electron chi connectivity index (χ3n) is 6.56. The van der Waals surface area contributed by atoms with E-state index in [-0.39, 0.29) is 0 Å². The molecule has 1 atom stereocenters. The summed E-state index contributed by atoms with van der Waals surface area (Å²) in [6.45, 7) is 0. The number of nitrogens with one attached hydrogen (secondary N) is 2. The summed E-state index contributed by atoms with van der Waals surface area (Å²) in [5.41, 5.74) is 1.33. The highest BCUT2D eigenvalue weighted by Crippen LogP contribution is 2.58. The Hall–Kier alpha value is -1.47. The van der Waals surface area contributed by atoms with E-state index in [0.717, 1.165) is 29.7 Å².